The fourth-order valence-corrected chi connectivity index (χ4v) is 3.90. The summed E-state index contributed by atoms with van der Waals surface area (Å²) in [5.41, 5.74) is 6.72. The van der Waals surface area contributed by atoms with Gasteiger partial charge in [0.05, 0.1) is 0 Å². The molecule has 3 aliphatic rings. The van der Waals surface area contributed by atoms with Crippen LogP contribution in [0, 0.1) is 12.1 Å². The van der Waals surface area contributed by atoms with Crippen LogP contribution in [0.2, 0.25) is 0 Å². The van der Waals surface area contributed by atoms with Gasteiger partial charge in [0.15, 0.2) is 0 Å². The van der Waals surface area contributed by atoms with Gasteiger partial charge in [0, 0.05) is 0 Å². The normalized spacial score (nSPS) is 15.5. The molecule has 0 spiro atoms. The van der Waals surface area contributed by atoms with Crippen LogP contribution in [0.5, 0.6) is 0 Å². The Bertz CT molecular complexity index is 709. The Morgan fingerprint density at radius 3 is 2.50 bits per heavy atom. The quantitative estimate of drug-likeness (QED) is 0.433. The van der Waals surface area contributed by atoms with Gasteiger partial charge in [0.2, 0.25) is 0 Å². The van der Waals surface area contributed by atoms with Gasteiger partial charge in [-0.2, -0.15) is 17.7 Å². The molecule has 0 bridgehead atoms. The van der Waals surface area contributed by atoms with Crippen molar-refractivity contribution in [2.45, 2.75) is 20.3 Å². The first-order chi connectivity index (χ1) is 10.6. The molecule has 0 saturated carbocycles. The van der Waals surface area contributed by atoms with E-state index in [1.807, 2.05) is 23.9 Å². The van der Waals surface area contributed by atoms with Crippen LogP contribution in [0.3, 0.4) is 0 Å². The van der Waals surface area contributed by atoms with Gasteiger partial charge >= 0.3 is 31.5 Å². The second kappa shape index (κ2) is 12.1. The van der Waals surface area contributed by atoms with Gasteiger partial charge in [-0.1, -0.05) is 39.2 Å². The molecule has 0 unspecified atom stereocenters. The molecule has 24 heavy (non-hydrogen) atoms. The molecule has 0 radical (unpaired) electrons. The molecule has 0 fully saturated rings. The Hall–Kier alpha value is 0.693. The van der Waals surface area contributed by atoms with Gasteiger partial charge < -0.3 is 24.8 Å². The molecular formula is C18H15BrCl2S2Zr-2. The van der Waals surface area contributed by atoms with Crippen LogP contribution >= 0.6 is 36.5 Å². The molecular weight excluding hydrogens is 522 g/mol. The Kier molecular flexibility index (Phi) is 12.5. The first-order valence-electron chi connectivity index (χ1n) is 6.84. The van der Waals surface area contributed by atoms with E-state index in [0.717, 1.165) is 34.9 Å². The van der Waals surface area contributed by atoms with Crippen molar-refractivity contribution < 1.29 is 47.5 Å². The van der Waals surface area contributed by atoms with Crippen LogP contribution in [0.15, 0.2) is 50.4 Å². The number of allylic oxidation sites excluding steroid dienone is 5. The number of rotatable bonds is 0. The van der Waals surface area contributed by atoms with Gasteiger partial charge in [-0.05, 0) is 12.2 Å². The zero-order chi connectivity index (χ0) is 16.1. The van der Waals surface area contributed by atoms with E-state index in [4.69, 9.17) is 0 Å². The number of halogens is 3. The molecule has 2 aliphatic carbocycles. The van der Waals surface area contributed by atoms with Crippen molar-refractivity contribution >= 4 is 42.6 Å². The summed E-state index contributed by atoms with van der Waals surface area (Å²) < 4.78 is 1.21. The molecule has 1 aromatic carbocycles. The predicted molar refractivity (Wildman–Crippen MR) is 99.0 cm³/mol. The molecule has 4 rings (SSSR count). The van der Waals surface area contributed by atoms with E-state index in [-0.39, 0.29) is 24.8 Å². The minimum absolute atomic E-state index is 0. The van der Waals surface area contributed by atoms with E-state index >= 15 is 0 Å². The Morgan fingerprint density at radius 1 is 1.17 bits per heavy atom. The summed E-state index contributed by atoms with van der Waals surface area (Å²) in [4.78, 5) is 1.41. The van der Waals surface area contributed by atoms with Gasteiger partial charge in [-0.25, -0.2) is 11.8 Å². The fourth-order valence-electron chi connectivity index (χ4n) is 2.48. The van der Waals surface area contributed by atoms with Gasteiger partial charge in [-0.15, -0.1) is 52.6 Å². The Labute approximate surface area is 188 Å². The van der Waals surface area contributed by atoms with E-state index < -0.39 is 0 Å². The topological polar surface area (TPSA) is 0 Å². The number of hydrogen-bond donors (Lipinski definition) is 0. The van der Waals surface area contributed by atoms with Crippen LogP contribution in [-0.4, -0.2) is 5.75 Å². The molecule has 0 atom stereocenters. The maximum absolute atomic E-state index is 4.17. The summed E-state index contributed by atoms with van der Waals surface area (Å²) in [7, 11) is 4.17. The number of hydrogen-bond acceptors (Lipinski definition) is 2. The third-order valence-electron chi connectivity index (χ3n) is 3.41. The monoisotopic (exact) mass is 534 g/mol. The zero-order valence-corrected chi connectivity index (χ0v) is 20.4. The molecule has 126 valence electrons. The number of benzene rings is 1. The summed E-state index contributed by atoms with van der Waals surface area (Å²) in [6, 6.07) is 7.22. The standard InChI is InChI=1S/C10H8Br.C8H7S.2ClH.S.Zr/c1-7-5-8-3-2-4-10(11)9(8)6-7;1-6-4-7-2-3-9-8(7)5-6;;;;/h2,4-5H,6H2,1H3;4-5H,3H2,1H3;2*1H;;/q2*-1;;;;+2/p-2. The third kappa shape index (κ3) is 6.45. The molecule has 0 saturated heterocycles. The zero-order valence-electron chi connectivity index (χ0n) is 13.3. The Balaban J connectivity index is 0.000000376. The maximum atomic E-state index is 4.17. The van der Waals surface area contributed by atoms with Crippen LogP contribution in [0.1, 0.15) is 25.0 Å². The second-order valence-corrected chi connectivity index (χ2v) is 7.03. The molecule has 0 nitrogen and oxygen atoms in total. The van der Waals surface area contributed by atoms with E-state index in [1.165, 1.54) is 37.2 Å². The molecule has 0 N–H and O–H groups in total. The van der Waals surface area contributed by atoms with Crippen molar-refractivity contribution in [1.82, 2.24) is 0 Å². The Morgan fingerprint density at radius 2 is 1.88 bits per heavy atom. The molecule has 0 amide bonds. The summed E-state index contributed by atoms with van der Waals surface area (Å²) in [6.45, 7) is 4.28. The molecule has 0 aromatic heterocycles. The van der Waals surface area contributed by atoms with Gasteiger partial charge in [-0.3, -0.25) is 0 Å². The number of fused-ring (bicyclic) bond motifs is 2. The molecule has 1 heterocycles. The van der Waals surface area contributed by atoms with Crippen LogP contribution < -0.4 is 24.8 Å². The second-order valence-electron chi connectivity index (χ2n) is 5.16. The van der Waals surface area contributed by atoms with Gasteiger partial charge in [0.1, 0.15) is 0 Å². The van der Waals surface area contributed by atoms with E-state index in [0.29, 0.717) is 0 Å². The SMILES string of the molecule is CC1=CC2=[C-]CSC2=C1.CC1=Cc2[c-]ccc(Br)c2C1.[Cl-].[Cl-].[S]=[Zr+2]. The third-order valence-corrected chi connectivity index (χ3v) is 5.10. The van der Waals surface area contributed by atoms with Gasteiger partial charge in [0.25, 0.3) is 0 Å². The van der Waals surface area contributed by atoms with Crippen LogP contribution in [0.25, 0.3) is 6.08 Å². The predicted octanol–water partition coefficient (Wildman–Crippen LogP) is 0.169. The van der Waals surface area contributed by atoms with E-state index in [9.17, 15) is 0 Å². The van der Waals surface area contributed by atoms with E-state index in [1.54, 1.807) is 0 Å². The summed E-state index contributed by atoms with van der Waals surface area (Å²) in [5.74, 6) is 1.05. The summed E-state index contributed by atoms with van der Waals surface area (Å²) in [6.07, 6.45) is 11.0. The first kappa shape index (κ1) is 24.7. The van der Waals surface area contributed by atoms with Crippen molar-refractivity contribution in [3.05, 3.63) is 73.7 Å². The van der Waals surface area contributed by atoms with Crippen molar-refractivity contribution in [1.29, 1.82) is 0 Å². The number of thioether (sulfide) groups is 1. The van der Waals surface area contributed by atoms with Crippen molar-refractivity contribution in [2.75, 3.05) is 5.75 Å². The van der Waals surface area contributed by atoms with Crippen LogP contribution in [0.4, 0.5) is 0 Å². The van der Waals surface area contributed by atoms with E-state index in [2.05, 4.69) is 69.0 Å². The molecule has 1 aromatic rings. The summed E-state index contributed by atoms with van der Waals surface area (Å²) in [5, 5.41) is 0. The fraction of sp³-hybridized carbons (Fsp3) is 0.222. The van der Waals surface area contributed by atoms with Crippen LogP contribution in [-0.2, 0) is 29.1 Å². The molecule has 1 aliphatic heterocycles. The van der Waals surface area contributed by atoms with Crippen molar-refractivity contribution in [3.8, 4) is 0 Å². The minimum atomic E-state index is 0. The average Bonchev–Trinajstić information content (AvgIpc) is 3.16. The first-order valence-corrected chi connectivity index (χ1v) is 12.0. The molecule has 6 heteroatoms. The average molecular weight is 537 g/mol. The summed E-state index contributed by atoms with van der Waals surface area (Å²) >= 11 is 6.53. The van der Waals surface area contributed by atoms with Crippen molar-refractivity contribution in [2.24, 2.45) is 0 Å². The van der Waals surface area contributed by atoms with Crippen molar-refractivity contribution in [3.63, 3.8) is 0 Å².